The molecule has 1 aromatic carbocycles. The number of carbonyl (C=O) groups is 2. The predicted molar refractivity (Wildman–Crippen MR) is 94.2 cm³/mol. The van der Waals surface area contributed by atoms with Crippen LogP contribution in [0.15, 0.2) is 48.7 Å². The molecule has 1 aromatic heterocycles. The molecule has 6 nitrogen and oxygen atoms in total. The fourth-order valence-corrected chi connectivity index (χ4v) is 2.70. The second-order valence-corrected chi connectivity index (χ2v) is 5.96. The number of aromatic nitrogens is 1. The van der Waals surface area contributed by atoms with Crippen molar-refractivity contribution in [2.45, 2.75) is 32.4 Å². The Balaban J connectivity index is 1.56. The summed E-state index contributed by atoms with van der Waals surface area (Å²) in [7, 11) is 0. The number of carbonyl (C=O) groups excluding carboxylic acids is 2. The molecule has 2 amide bonds. The molecule has 2 aromatic rings. The molecule has 1 saturated heterocycles. The summed E-state index contributed by atoms with van der Waals surface area (Å²) in [6.45, 7) is 2.77. The highest BCUT2D eigenvalue weighted by Crippen LogP contribution is 2.19. The molecule has 0 aliphatic carbocycles. The average Bonchev–Trinajstić information content (AvgIpc) is 3.07. The molecule has 0 saturated carbocycles. The van der Waals surface area contributed by atoms with Crippen molar-refractivity contribution in [2.75, 3.05) is 11.4 Å². The van der Waals surface area contributed by atoms with Crippen molar-refractivity contribution >= 4 is 17.6 Å². The maximum atomic E-state index is 12.2. The van der Waals surface area contributed by atoms with Crippen molar-refractivity contribution in [2.24, 2.45) is 0 Å². The molecule has 2 heterocycles. The second-order valence-electron chi connectivity index (χ2n) is 5.96. The first-order chi connectivity index (χ1) is 12.1. The number of rotatable bonds is 6. The molecule has 1 atom stereocenters. The fraction of sp³-hybridized carbons (Fsp3) is 0.316. The van der Waals surface area contributed by atoms with Gasteiger partial charge in [-0.2, -0.15) is 0 Å². The van der Waals surface area contributed by atoms with E-state index in [1.54, 1.807) is 18.0 Å². The molecule has 1 N–H and O–H groups in total. The highest BCUT2D eigenvalue weighted by molar-refractivity contribution is 5.94. The van der Waals surface area contributed by atoms with Crippen LogP contribution in [0.4, 0.5) is 5.82 Å². The zero-order valence-corrected chi connectivity index (χ0v) is 14.1. The topological polar surface area (TPSA) is 71.5 Å². The van der Waals surface area contributed by atoms with E-state index in [-0.39, 0.29) is 11.8 Å². The lowest BCUT2D eigenvalue weighted by Gasteiger charge is -2.16. The lowest BCUT2D eigenvalue weighted by atomic mass is 10.2. The van der Waals surface area contributed by atoms with Gasteiger partial charge in [0, 0.05) is 25.7 Å². The number of nitrogens with zero attached hydrogens (tertiary/aromatic N) is 2. The minimum Gasteiger partial charge on any atom is -0.481 e. The zero-order valence-electron chi connectivity index (χ0n) is 14.1. The highest BCUT2D eigenvalue weighted by atomic mass is 16.5. The number of ether oxygens (including phenoxy) is 1. The molecule has 25 heavy (non-hydrogen) atoms. The van der Waals surface area contributed by atoms with E-state index in [4.69, 9.17) is 4.74 Å². The maximum absolute atomic E-state index is 12.2. The van der Waals surface area contributed by atoms with E-state index >= 15 is 0 Å². The lowest BCUT2D eigenvalue weighted by Crippen LogP contribution is -2.36. The molecule has 0 bridgehead atoms. The molecule has 1 fully saturated rings. The van der Waals surface area contributed by atoms with Crippen LogP contribution in [0.3, 0.4) is 0 Å². The zero-order chi connectivity index (χ0) is 17.6. The van der Waals surface area contributed by atoms with E-state index in [0.717, 1.165) is 12.0 Å². The molecule has 1 aliphatic heterocycles. The van der Waals surface area contributed by atoms with Crippen molar-refractivity contribution in [3.63, 3.8) is 0 Å². The third kappa shape index (κ3) is 4.35. The van der Waals surface area contributed by atoms with Gasteiger partial charge in [-0.3, -0.25) is 14.5 Å². The molecule has 130 valence electrons. The molecular weight excluding hydrogens is 318 g/mol. The van der Waals surface area contributed by atoms with Crippen LogP contribution < -0.4 is 15.0 Å². The summed E-state index contributed by atoms with van der Waals surface area (Å²) in [6.07, 6.45) is 2.49. The number of benzene rings is 1. The molecule has 6 heteroatoms. The van der Waals surface area contributed by atoms with Crippen LogP contribution in [0.1, 0.15) is 25.3 Å². The summed E-state index contributed by atoms with van der Waals surface area (Å²) < 4.78 is 5.61. The van der Waals surface area contributed by atoms with Crippen molar-refractivity contribution in [1.82, 2.24) is 10.3 Å². The summed E-state index contributed by atoms with van der Waals surface area (Å²) in [6, 6.07) is 12.9. The Bertz CT molecular complexity index is 749. The SMILES string of the molecule is C[C@H](Oc1ccccc1)C(=O)NCc1ccnc(N2CCCC2=O)c1. The minimum absolute atomic E-state index is 0.0959. The number of nitrogens with one attached hydrogen (secondary N) is 1. The van der Waals surface area contributed by atoms with Gasteiger partial charge in [-0.05, 0) is 43.2 Å². The quantitative estimate of drug-likeness (QED) is 0.876. The van der Waals surface area contributed by atoms with Gasteiger partial charge in [0.2, 0.25) is 5.91 Å². The van der Waals surface area contributed by atoms with Crippen molar-refractivity contribution < 1.29 is 14.3 Å². The summed E-state index contributed by atoms with van der Waals surface area (Å²) in [5.74, 6) is 1.20. The van der Waals surface area contributed by atoms with Crippen LogP contribution in [-0.2, 0) is 16.1 Å². The number of hydrogen-bond acceptors (Lipinski definition) is 4. The van der Waals surface area contributed by atoms with Crippen LogP contribution in [0.5, 0.6) is 5.75 Å². The van der Waals surface area contributed by atoms with Crippen molar-refractivity contribution in [3.05, 3.63) is 54.2 Å². The Morgan fingerprint density at radius 3 is 2.84 bits per heavy atom. The second kappa shape index (κ2) is 7.79. The van der Waals surface area contributed by atoms with E-state index in [1.807, 2.05) is 42.5 Å². The van der Waals surface area contributed by atoms with Gasteiger partial charge in [-0.1, -0.05) is 18.2 Å². The smallest absolute Gasteiger partial charge is 0.261 e. The predicted octanol–water partition coefficient (Wildman–Crippen LogP) is 2.29. The molecule has 0 spiro atoms. The third-order valence-corrected chi connectivity index (χ3v) is 4.05. The van der Waals surface area contributed by atoms with Gasteiger partial charge in [0.05, 0.1) is 0 Å². The molecule has 1 aliphatic rings. The van der Waals surface area contributed by atoms with Crippen molar-refractivity contribution in [3.8, 4) is 5.75 Å². The summed E-state index contributed by atoms with van der Waals surface area (Å²) >= 11 is 0. The molecule has 0 unspecified atom stereocenters. The van der Waals surface area contributed by atoms with Gasteiger partial charge in [-0.25, -0.2) is 4.98 Å². The van der Waals surface area contributed by atoms with Gasteiger partial charge in [0.15, 0.2) is 6.10 Å². The van der Waals surface area contributed by atoms with Crippen LogP contribution in [0, 0.1) is 0 Å². The Morgan fingerprint density at radius 1 is 1.32 bits per heavy atom. The van der Waals surface area contributed by atoms with E-state index in [2.05, 4.69) is 10.3 Å². The van der Waals surface area contributed by atoms with Gasteiger partial charge < -0.3 is 10.1 Å². The van der Waals surface area contributed by atoms with E-state index in [0.29, 0.717) is 31.1 Å². The number of para-hydroxylation sites is 1. The van der Waals surface area contributed by atoms with Crippen LogP contribution >= 0.6 is 0 Å². The number of anilines is 1. The Morgan fingerprint density at radius 2 is 2.12 bits per heavy atom. The third-order valence-electron chi connectivity index (χ3n) is 4.05. The fourth-order valence-electron chi connectivity index (χ4n) is 2.70. The normalized spacial score (nSPS) is 15.1. The van der Waals surface area contributed by atoms with Crippen LogP contribution in [0.2, 0.25) is 0 Å². The first kappa shape index (κ1) is 17.0. The summed E-state index contributed by atoms with van der Waals surface area (Å²) in [5, 5.41) is 2.85. The van der Waals surface area contributed by atoms with Gasteiger partial charge in [0.1, 0.15) is 11.6 Å². The van der Waals surface area contributed by atoms with Crippen LogP contribution in [-0.4, -0.2) is 29.4 Å². The largest absolute Gasteiger partial charge is 0.481 e. The van der Waals surface area contributed by atoms with Gasteiger partial charge in [-0.15, -0.1) is 0 Å². The first-order valence-electron chi connectivity index (χ1n) is 8.38. The number of pyridine rings is 1. The highest BCUT2D eigenvalue weighted by Gasteiger charge is 2.22. The van der Waals surface area contributed by atoms with E-state index < -0.39 is 6.10 Å². The maximum Gasteiger partial charge on any atom is 0.261 e. The Hall–Kier alpha value is -2.89. The van der Waals surface area contributed by atoms with Crippen LogP contribution in [0.25, 0.3) is 0 Å². The first-order valence-corrected chi connectivity index (χ1v) is 8.38. The molecular formula is C19H21N3O3. The van der Waals surface area contributed by atoms with E-state index in [9.17, 15) is 9.59 Å². The number of hydrogen-bond donors (Lipinski definition) is 1. The monoisotopic (exact) mass is 339 g/mol. The summed E-state index contributed by atoms with van der Waals surface area (Å²) in [5.41, 5.74) is 0.893. The summed E-state index contributed by atoms with van der Waals surface area (Å²) in [4.78, 5) is 30.0. The Labute approximate surface area is 146 Å². The number of amides is 2. The van der Waals surface area contributed by atoms with E-state index in [1.165, 1.54) is 0 Å². The standard InChI is InChI=1S/C19H21N3O3/c1-14(25-16-6-3-2-4-7-16)19(24)21-13-15-9-10-20-17(12-15)22-11-5-8-18(22)23/h2-4,6-7,9-10,12,14H,5,8,11,13H2,1H3,(H,21,24)/t14-/m0/s1. The van der Waals surface area contributed by atoms with Gasteiger partial charge >= 0.3 is 0 Å². The Kier molecular flexibility index (Phi) is 5.28. The molecule has 0 radical (unpaired) electrons. The lowest BCUT2D eigenvalue weighted by molar-refractivity contribution is -0.127. The molecule has 3 rings (SSSR count). The minimum atomic E-state index is -0.594. The van der Waals surface area contributed by atoms with Gasteiger partial charge in [0.25, 0.3) is 5.91 Å². The van der Waals surface area contributed by atoms with Crippen molar-refractivity contribution in [1.29, 1.82) is 0 Å². The average molecular weight is 339 g/mol.